The number of amides is 2. The summed E-state index contributed by atoms with van der Waals surface area (Å²) in [5.41, 5.74) is 0. The Bertz CT molecular complexity index is 165. The Morgan fingerprint density at radius 1 is 1.20 bits per heavy atom. The van der Waals surface area contributed by atoms with E-state index in [0.717, 1.165) is 32.0 Å². The van der Waals surface area contributed by atoms with Crippen LogP contribution in [0.5, 0.6) is 0 Å². The lowest BCUT2D eigenvalue weighted by atomic mass is 10.1. The molecule has 0 radical (unpaired) electrons. The fraction of sp³-hybridized carbons (Fsp3) is 0.917. The first kappa shape index (κ1) is 14.3. The van der Waals surface area contributed by atoms with Crippen LogP contribution in [0.1, 0.15) is 47.0 Å². The van der Waals surface area contributed by atoms with E-state index in [4.69, 9.17) is 0 Å². The molecule has 0 fully saturated rings. The second-order valence-electron chi connectivity index (χ2n) is 4.29. The quantitative estimate of drug-likeness (QED) is 0.649. The van der Waals surface area contributed by atoms with Gasteiger partial charge in [-0.2, -0.15) is 0 Å². The molecule has 0 aliphatic heterocycles. The van der Waals surface area contributed by atoms with Gasteiger partial charge in [-0.15, -0.1) is 0 Å². The molecule has 3 heteroatoms. The zero-order valence-electron chi connectivity index (χ0n) is 10.7. The molecule has 0 atom stereocenters. The highest BCUT2D eigenvalue weighted by molar-refractivity contribution is 5.73. The second-order valence-corrected chi connectivity index (χ2v) is 4.29. The summed E-state index contributed by atoms with van der Waals surface area (Å²) >= 11 is 0. The van der Waals surface area contributed by atoms with E-state index >= 15 is 0 Å². The molecule has 0 aromatic carbocycles. The summed E-state index contributed by atoms with van der Waals surface area (Å²) in [6, 6.07) is 0.0737. The molecule has 3 nitrogen and oxygen atoms in total. The number of nitrogens with zero attached hydrogens (tertiary/aromatic N) is 1. The van der Waals surface area contributed by atoms with Gasteiger partial charge in [-0.05, 0) is 26.2 Å². The number of unbranched alkanes of at least 4 members (excludes halogenated alkanes) is 1. The van der Waals surface area contributed by atoms with Crippen LogP contribution in [0.3, 0.4) is 0 Å². The van der Waals surface area contributed by atoms with Crippen molar-refractivity contribution in [3.8, 4) is 0 Å². The van der Waals surface area contributed by atoms with Crippen molar-refractivity contribution in [2.45, 2.75) is 47.0 Å². The number of hydrogen-bond donors (Lipinski definition) is 1. The molecule has 1 N–H and O–H groups in total. The summed E-state index contributed by atoms with van der Waals surface area (Å²) in [4.78, 5) is 13.3. The Hall–Kier alpha value is -0.730. The maximum Gasteiger partial charge on any atom is 0.317 e. The van der Waals surface area contributed by atoms with Gasteiger partial charge < -0.3 is 10.2 Å². The van der Waals surface area contributed by atoms with Gasteiger partial charge in [0.15, 0.2) is 0 Å². The molecule has 15 heavy (non-hydrogen) atoms. The molecule has 0 aromatic rings. The van der Waals surface area contributed by atoms with Crippen molar-refractivity contribution >= 4 is 6.03 Å². The highest BCUT2D eigenvalue weighted by atomic mass is 16.2. The second kappa shape index (κ2) is 8.57. The van der Waals surface area contributed by atoms with E-state index in [1.807, 2.05) is 18.7 Å². The van der Waals surface area contributed by atoms with Crippen LogP contribution in [0.15, 0.2) is 0 Å². The Labute approximate surface area is 94.2 Å². The lowest BCUT2D eigenvalue weighted by Gasteiger charge is -2.19. The third-order valence-electron chi connectivity index (χ3n) is 2.54. The standard InChI is InChI=1S/C12H26N2O/c1-5-14(6-2)12(15)13-10-8-7-9-11(3)4/h11H,5-10H2,1-4H3,(H,13,15). The van der Waals surface area contributed by atoms with Crippen molar-refractivity contribution in [3.05, 3.63) is 0 Å². The minimum atomic E-state index is 0.0737. The van der Waals surface area contributed by atoms with Crippen molar-refractivity contribution < 1.29 is 4.79 Å². The van der Waals surface area contributed by atoms with Gasteiger partial charge >= 0.3 is 6.03 Å². The maximum absolute atomic E-state index is 11.5. The fourth-order valence-corrected chi connectivity index (χ4v) is 1.50. The van der Waals surface area contributed by atoms with Gasteiger partial charge in [-0.1, -0.05) is 26.7 Å². The van der Waals surface area contributed by atoms with E-state index in [9.17, 15) is 4.79 Å². The number of carbonyl (C=O) groups excluding carboxylic acids is 1. The molecule has 0 unspecified atom stereocenters. The van der Waals surface area contributed by atoms with Gasteiger partial charge in [0.2, 0.25) is 0 Å². The van der Waals surface area contributed by atoms with Crippen molar-refractivity contribution in [1.82, 2.24) is 10.2 Å². The van der Waals surface area contributed by atoms with Gasteiger partial charge in [-0.3, -0.25) is 0 Å². The van der Waals surface area contributed by atoms with E-state index in [0.29, 0.717) is 0 Å². The molecule has 0 rings (SSSR count). The molecule has 0 saturated carbocycles. The molecule has 0 heterocycles. The summed E-state index contributed by atoms with van der Waals surface area (Å²) in [7, 11) is 0. The number of rotatable bonds is 7. The van der Waals surface area contributed by atoms with Crippen LogP contribution < -0.4 is 5.32 Å². The van der Waals surface area contributed by atoms with Crippen LogP contribution in [0.25, 0.3) is 0 Å². The Morgan fingerprint density at radius 2 is 1.80 bits per heavy atom. The molecular formula is C12H26N2O. The normalized spacial score (nSPS) is 10.5. The topological polar surface area (TPSA) is 32.3 Å². The van der Waals surface area contributed by atoms with Crippen molar-refractivity contribution in [3.63, 3.8) is 0 Å². The zero-order valence-corrected chi connectivity index (χ0v) is 10.7. The number of nitrogens with one attached hydrogen (secondary N) is 1. The third kappa shape index (κ3) is 7.23. The summed E-state index contributed by atoms with van der Waals surface area (Å²) in [6.07, 6.45) is 3.54. The Morgan fingerprint density at radius 3 is 2.27 bits per heavy atom. The van der Waals surface area contributed by atoms with Crippen LogP contribution in [0, 0.1) is 5.92 Å². The van der Waals surface area contributed by atoms with Gasteiger partial charge in [0, 0.05) is 19.6 Å². The summed E-state index contributed by atoms with van der Waals surface area (Å²) in [6.45, 7) is 10.8. The highest BCUT2D eigenvalue weighted by Crippen LogP contribution is 2.05. The van der Waals surface area contributed by atoms with E-state index < -0.39 is 0 Å². The Kier molecular flexibility index (Phi) is 8.15. The summed E-state index contributed by atoms with van der Waals surface area (Å²) in [5, 5.41) is 2.95. The first-order chi connectivity index (χ1) is 7.11. The lowest BCUT2D eigenvalue weighted by Crippen LogP contribution is -2.40. The molecular weight excluding hydrogens is 188 g/mol. The number of hydrogen-bond acceptors (Lipinski definition) is 1. The molecule has 0 bridgehead atoms. The van der Waals surface area contributed by atoms with Gasteiger partial charge in [0.05, 0.1) is 0 Å². The van der Waals surface area contributed by atoms with Crippen molar-refractivity contribution in [2.75, 3.05) is 19.6 Å². The van der Waals surface area contributed by atoms with Crippen LogP contribution >= 0.6 is 0 Å². The van der Waals surface area contributed by atoms with Crippen LogP contribution in [-0.2, 0) is 0 Å². The van der Waals surface area contributed by atoms with Crippen LogP contribution in [0.2, 0.25) is 0 Å². The maximum atomic E-state index is 11.5. The predicted molar refractivity (Wildman–Crippen MR) is 65.0 cm³/mol. The average molecular weight is 214 g/mol. The van der Waals surface area contributed by atoms with E-state index in [2.05, 4.69) is 19.2 Å². The Balaban J connectivity index is 3.46. The van der Waals surface area contributed by atoms with E-state index in [1.54, 1.807) is 0 Å². The molecule has 0 aromatic heterocycles. The van der Waals surface area contributed by atoms with Gasteiger partial charge in [0.25, 0.3) is 0 Å². The predicted octanol–water partition coefficient (Wildman–Crippen LogP) is 2.86. The summed E-state index contributed by atoms with van der Waals surface area (Å²) < 4.78 is 0. The first-order valence-electron chi connectivity index (χ1n) is 6.14. The minimum absolute atomic E-state index is 0.0737. The van der Waals surface area contributed by atoms with Crippen molar-refractivity contribution in [1.29, 1.82) is 0 Å². The fourth-order valence-electron chi connectivity index (χ4n) is 1.50. The largest absolute Gasteiger partial charge is 0.338 e. The zero-order chi connectivity index (χ0) is 11.7. The smallest absolute Gasteiger partial charge is 0.317 e. The summed E-state index contributed by atoms with van der Waals surface area (Å²) in [5.74, 6) is 0.767. The average Bonchev–Trinajstić information content (AvgIpc) is 2.18. The third-order valence-corrected chi connectivity index (χ3v) is 2.54. The molecule has 90 valence electrons. The van der Waals surface area contributed by atoms with Crippen LogP contribution in [0.4, 0.5) is 4.79 Å². The first-order valence-corrected chi connectivity index (χ1v) is 6.14. The van der Waals surface area contributed by atoms with E-state index in [-0.39, 0.29) is 6.03 Å². The SMILES string of the molecule is CCN(CC)C(=O)NCCCCC(C)C. The van der Waals surface area contributed by atoms with Gasteiger partial charge in [0.1, 0.15) is 0 Å². The van der Waals surface area contributed by atoms with Crippen molar-refractivity contribution in [2.24, 2.45) is 5.92 Å². The monoisotopic (exact) mass is 214 g/mol. The molecule has 0 saturated heterocycles. The van der Waals surface area contributed by atoms with Crippen LogP contribution in [-0.4, -0.2) is 30.6 Å². The molecule has 0 aliphatic carbocycles. The lowest BCUT2D eigenvalue weighted by molar-refractivity contribution is 0.203. The molecule has 0 spiro atoms. The number of urea groups is 1. The van der Waals surface area contributed by atoms with Gasteiger partial charge in [-0.25, -0.2) is 4.79 Å². The van der Waals surface area contributed by atoms with E-state index in [1.165, 1.54) is 12.8 Å². The number of carbonyl (C=O) groups is 1. The molecule has 2 amide bonds. The molecule has 0 aliphatic rings. The minimum Gasteiger partial charge on any atom is -0.338 e. The highest BCUT2D eigenvalue weighted by Gasteiger charge is 2.07.